The minimum Gasteiger partial charge on any atom is -0.372 e. The predicted molar refractivity (Wildman–Crippen MR) is 86.4 cm³/mol. The zero-order chi connectivity index (χ0) is 16.1. The molecule has 2 unspecified atom stereocenters. The van der Waals surface area contributed by atoms with Crippen LogP contribution in [0.3, 0.4) is 0 Å². The van der Waals surface area contributed by atoms with Gasteiger partial charge in [0.1, 0.15) is 0 Å². The SMILES string of the molecule is CC(=O)Nc1ccc(/C=C/C(=O)N2CC(C)OC(C)C2)cc1. The maximum atomic E-state index is 12.2. The fourth-order valence-corrected chi connectivity index (χ4v) is 2.51. The van der Waals surface area contributed by atoms with Gasteiger partial charge in [-0.25, -0.2) is 0 Å². The topological polar surface area (TPSA) is 58.6 Å². The zero-order valence-corrected chi connectivity index (χ0v) is 13.2. The number of carbonyl (C=O) groups excluding carboxylic acids is 2. The summed E-state index contributed by atoms with van der Waals surface area (Å²) in [7, 11) is 0. The highest BCUT2D eigenvalue weighted by Crippen LogP contribution is 2.13. The third-order valence-corrected chi connectivity index (χ3v) is 3.38. The van der Waals surface area contributed by atoms with E-state index in [1.165, 1.54) is 6.92 Å². The van der Waals surface area contributed by atoms with Crippen molar-refractivity contribution in [2.45, 2.75) is 33.0 Å². The Labute approximate surface area is 130 Å². The molecule has 0 aromatic heterocycles. The van der Waals surface area contributed by atoms with Crippen LogP contribution in [0.25, 0.3) is 6.08 Å². The monoisotopic (exact) mass is 302 g/mol. The van der Waals surface area contributed by atoms with Crippen molar-refractivity contribution < 1.29 is 14.3 Å². The molecule has 118 valence electrons. The summed E-state index contributed by atoms with van der Waals surface area (Å²) >= 11 is 0. The van der Waals surface area contributed by atoms with Gasteiger partial charge in [-0.05, 0) is 37.6 Å². The molecule has 1 saturated heterocycles. The van der Waals surface area contributed by atoms with Crippen molar-refractivity contribution in [1.29, 1.82) is 0 Å². The summed E-state index contributed by atoms with van der Waals surface area (Å²) in [5.41, 5.74) is 1.66. The number of nitrogens with zero attached hydrogens (tertiary/aromatic N) is 1. The lowest BCUT2D eigenvalue weighted by Gasteiger charge is -2.34. The number of hydrogen-bond acceptors (Lipinski definition) is 3. The van der Waals surface area contributed by atoms with Gasteiger partial charge < -0.3 is 15.0 Å². The maximum Gasteiger partial charge on any atom is 0.246 e. The van der Waals surface area contributed by atoms with E-state index >= 15 is 0 Å². The van der Waals surface area contributed by atoms with Gasteiger partial charge >= 0.3 is 0 Å². The van der Waals surface area contributed by atoms with Crippen LogP contribution in [0, 0.1) is 0 Å². The lowest BCUT2D eigenvalue weighted by atomic mass is 10.1. The second kappa shape index (κ2) is 7.22. The van der Waals surface area contributed by atoms with Crippen LogP contribution in [0.4, 0.5) is 5.69 Å². The Kier molecular flexibility index (Phi) is 5.33. The molecule has 2 atom stereocenters. The Bertz CT molecular complexity index is 556. The molecule has 1 aromatic carbocycles. The van der Waals surface area contributed by atoms with Gasteiger partial charge in [-0.2, -0.15) is 0 Å². The van der Waals surface area contributed by atoms with Crippen LogP contribution in [0.1, 0.15) is 26.3 Å². The highest BCUT2D eigenvalue weighted by Gasteiger charge is 2.24. The second-order valence-corrected chi connectivity index (χ2v) is 5.64. The molecule has 1 heterocycles. The van der Waals surface area contributed by atoms with Crippen LogP contribution in [0.15, 0.2) is 30.3 Å². The Balaban J connectivity index is 1.95. The number of hydrogen-bond donors (Lipinski definition) is 1. The predicted octanol–water partition coefficient (Wildman–Crippen LogP) is 2.29. The molecule has 0 bridgehead atoms. The maximum absolute atomic E-state index is 12.2. The van der Waals surface area contributed by atoms with Gasteiger partial charge in [0.05, 0.1) is 12.2 Å². The minimum atomic E-state index is -0.103. The van der Waals surface area contributed by atoms with Gasteiger partial charge in [0.25, 0.3) is 0 Å². The van der Waals surface area contributed by atoms with Crippen LogP contribution in [0.5, 0.6) is 0 Å². The molecule has 0 radical (unpaired) electrons. The van der Waals surface area contributed by atoms with E-state index in [-0.39, 0.29) is 24.0 Å². The van der Waals surface area contributed by atoms with Gasteiger partial charge in [0.15, 0.2) is 0 Å². The number of carbonyl (C=O) groups is 2. The Hall–Kier alpha value is -2.14. The second-order valence-electron chi connectivity index (χ2n) is 5.64. The number of morpholine rings is 1. The number of rotatable bonds is 3. The third-order valence-electron chi connectivity index (χ3n) is 3.38. The fraction of sp³-hybridized carbons (Fsp3) is 0.412. The molecule has 1 N–H and O–H groups in total. The molecule has 0 spiro atoms. The summed E-state index contributed by atoms with van der Waals surface area (Å²) < 4.78 is 5.62. The Morgan fingerprint density at radius 2 is 1.77 bits per heavy atom. The number of nitrogens with one attached hydrogen (secondary N) is 1. The van der Waals surface area contributed by atoms with Crippen molar-refractivity contribution in [2.75, 3.05) is 18.4 Å². The van der Waals surface area contributed by atoms with E-state index in [0.717, 1.165) is 11.3 Å². The highest BCUT2D eigenvalue weighted by atomic mass is 16.5. The lowest BCUT2D eigenvalue weighted by molar-refractivity contribution is -0.137. The van der Waals surface area contributed by atoms with Crippen LogP contribution in [-0.2, 0) is 14.3 Å². The molecule has 22 heavy (non-hydrogen) atoms. The van der Waals surface area contributed by atoms with Gasteiger partial charge in [-0.3, -0.25) is 9.59 Å². The normalized spacial score (nSPS) is 21.9. The first kappa shape index (κ1) is 16.2. The first-order chi connectivity index (χ1) is 10.4. The standard InChI is InChI=1S/C17H22N2O3/c1-12-10-19(11-13(2)22-12)17(21)9-6-15-4-7-16(8-5-15)18-14(3)20/h4-9,12-13H,10-11H2,1-3H3,(H,18,20)/b9-6+. The van der Waals surface area contributed by atoms with Crippen LogP contribution >= 0.6 is 0 Å². The molecule has 5 nitrogen and oxygen atoms in total. The van der Waals surface area contributed by atoms with E-state index in [1.807, 2.05) is 38.1 Å². The Morgan fingerprint density at radius 3 is 2.32 bits per heavy atom. The van der Waals surface area contributed by atoms with E-state index < -0.39 is 0 Å². The largest absolute Gasteiger partial charge is 0.372 e. The molecule has 1 fully saturated rings. The number of amides is 2. The third kappa shape index (κ3) is 4.70. The van der Waals surface area contributed by atoms with Gasteiger partial charge in [-0.15, -0.1) is 0 Å². The van der Waals surface area contributed by atoms with E-state index in [2.05, 4.69) is 5.32 Å². The van der Waals surface area contributed by atoms with Crippen LogP contribution in [-0.4, -0.2) is 42.0 Å². The minimum absolute atomic E-state index is 0.00654. The number of ether oxygens (including phenoxy) is 1. The average Bonchev–Trinajstić information content (AvgIpc) is 2.44. The van der Waals surface area contributed by atoms with Crippen molar-refractivity contribution in [3.63, 3.8) is 0 Å². The molecule has 2 amide bonds. The molecule has 1 aliphatic rings. The number of benzene rings is 1. The van der Waals surface area contributed by atoms with E-state index in [0.29, 0.717) is 13.1 Å². The van der Waals surface area contributed by atoms with Crippen molar-refractivity contribution in [3.8, 4) is 0 Å². The average molecular weight is 302 g/mol. The van der Waals surface area contributed by atoms with Crippen molar-refractivity contribution >= 4 is 23.6 Å². The van der Waals surface area contributed by atoms with E-state index in [1.54, 1.807) is 17.1 Å². The molecule has 2 rings (SSSR count). The molecular formula is C17H22N2O3. The van der Waals surface area contributed by atoms with Crippen LogP contribution in [0.2, 0.25) is 0 Å². The smallest absolute Gasteiger partial charge is 0.246 e. The van der Waals surface area contributed by atoms with Gasteiger partial charge in [0, 0.05) is 31.8 Å². The number of anilines is 1. The molecule has 0 aliphatic carbocycles. The first-order valence-electron chi connectivity index (χ1n) is 7.44. The fourth-order valence-electron chi connectivity index (χ4n) is 2.51. The van der Waals surface area contributed by atoms with E-state index in [4.69, 9.17) is 4.74 Å². The molecular weight excluding hydrogens is 280 g/mol. The molecule has 5 heteroatoms. The molecule has 1 aliphatic heterocycles. The quantitative estimate of drug-likeness (QED) is 0.872. The summed E-state index contributed by atoms with van der Waals surface area (Å²) in [5.74, 6) is -0.109. The summed E-state index contributed by atoms with van der Waals surface area (Å²) in [6.07, 6.45) is 3.50. The van der Waals surface area contributed by atoms with Gasteiger partial charge in [-0.1, -0.05) is 12.1 Å². The lowest BCUT2D eigenvalue weighted by Crippen LogP contribution is -2.47. The molecule has 1 aromatic rings. The molecule has 0 saturated carbocycles. The van der Waals surface area contributed by atoms with Crippen LogP contribution < -0.4 is 5.32 Å². The Morgan fingerprint density at radius 1 is 1.18 bits per heavy atom. The highest BCUT2D eigenvalue weighted by molar-refractivity contribution is 5.92. The summed E-state index contributed by atoms with van der Waals surface area (Å²) in [4.78, 5) is 25.0. The summed E-state index contributed by atoms with van der Waals surface area (Å²) in [6, 6.07) is 7.34. The van der Waals surface area contributed by atoms with Gasteiger partial charge in [0.2, 0.25) is 11.8 Å². The van der Waals surface area contributed by atoms with Crippen molar-refractivity contribution in [3.05, 3.63) is 35.9 Å². The van der Waals surface area contributed by atoms with Crippen molar-refractivity contribution in [1.82, 2.24) is 4.90 Å². The summed E-state index contributed by atoms with van der Waals surface area (Å²) in [6.45, 7) is 6.65. The van der Waals surface area contributed by atoms with Crippen molar-refractivity contribution in [2.24, 2.45) is 0 Å². The van der Waals surface area contributed by atoms with E-state index in [9.17, 15) is 9.59 Å². The zero-order valence-electron chi connectivity index (χ0n) is 13.2. The first-order valence-corrected chi connectivity index (χ1v) is 7.44. The summed E-state index contributed by atoms with van der Waals surface area (Å²) in [5, 5.41) is 2.71.